The molecule has 0 heterocycles. The summed E-state index contributed by atoms with van der Waals surface area (Å²) >= 11 is 0. The highest BCUT2D eigenvalue weighted by molar-refractivity contribution is 5.95. The van der Waals surface area contributed by atoms with Gasteiger partial charge in [-0.2, -0.15) is 0 Å². The van der Waals surface area contributed by atoms with Crippen LogP contribution in [0.4, 0.5) is 0 Å². The van der Waals surface area contributed by atoms with E-state index in [2.05, 4.69) is 16.1 Å². The minimum absolute atomic E-state index is 0.108. The fourth-order valence-corrected chi connectivity index (χ4v) is 0.381. The van der Waals surface area contributed by atoms with E-state index in [0.29, 0.717) is 0 Å². The molecule has 0 spiro atoms. The first-order valence-electron chi connectivity index (χ1n) is 3.47. The third-order valence-electron chi connectivity index (χ3n) is 0.948. The van der Waals surface area contributed by atoms with E-state index in [-0.39, 0.29) is 5.57 Å². The van der Waals surface area contributed by atoms with Crippen LogP contribution in [0, 0.1) is 0 Å². The van der Waals surface area contributed by atoms with Gasteiger partial charge in [0, 0.05) is 12.5 Å². The zero-order valence-corrected chi connectivity index (χ0v) is 7.46. The van der Waals surface area contributed by atoms with Gasteiger partial charge < -0.3 is 9.47 Å². The van der Waals surface area contributed by atoms with E-state index in [9.17, 15) is 14.4 Å². The van der Waals surface area contributed by atoms with Crippen LogP contribution in [0.5, 0.6) is 0 Å². The lowest BCUT2D eigenvalue weighted by Crippen LogP contribution is -2.19. The number of rotatable bonds is 3. The number of carbonyl (C=O) groups excluding carboxylic acids is 3. The Bertz CT molecular complexity index is 253. The maximum atomic E-state index is 10.7. The molecule has 0 aliphatic carbocycles. The van der Waals surface area contributed by atoms with Crippen molar-refractivity contribution in [3.8, 4) is 0 Å². The molecule has 5 heteroatoms. The summed E-state index contributed by atoms with van der Waals surface area (Å²) in [5, 5.41) is 0. The Morgan fingerprint density at radius 3 is 2.15 bits per heavy atom. The molecule has 0 rings (SSSR count). The van der Waals surface area contributed by atoms with E-state index in [1.807, 2.05) is 0 Å². The zero-order valence-electron chi connectivity index (χ0n) is 7.46. The van der Waals surface area contributed by atoms with E-state index < -0.39 is 24.5 Å². The first-order chi connectivity index (χ1) is 5.93. The molecule has 0 saturated carbocycles. The summed E-state index contributed by atoms with van der Waals surface area (Å²) in [7, 11) is 0. The molecule has 72 valence electrons. The van der Waals surface area contributed by atoms with Gasteiger partial charge in [0.25, 0.3) is 0 Å². The molecule has 0 bridgehead atoms. The molecule has 13 heavy (non-hydrogen) atoms. The maximum Gasteiger partial charge on any atom is 0.352 e. The number of hydrogen-bond donors (Lipinski definition) is 0. The van der Waals surface area contributed by atoms with Gasteiger partial charge in [-0.25, -0.2) is 9.59 Å². The summed E-state index contributed by atoms with van der Waals surface area (Å²) in [6.07, 6.45) is 0. The average Bonchev–Trinajstić information content (AvgIpc) is 2.00. The Morgan fingerprint density at radius 1 is 1.23 bits per heavy atom. The second kappa shape index (κ2) is 5.08. The van der Waals surface area contributed by atoms with Gasteiger partial charge in [0.05, 0.1) is 0 Å². The molecule has 0 radical (unpaired) electrons. The largest absolute Gasteiger partial charge is 0.454 e. The molecule has 0 amide bonds. The lowest BCUT2D eigenvalue weighted by atomic mass is 10.4. The fourth-order valence-electron chi connectivity index (χ4n) is 0.381. The standard InChI is InChI=1S/C8H10O5/c1-5(2)8(11)13-7(10)4-12-6(3)9/h1,4H2,2-3H3. The van der Waals surface area contributed by atoms with Crippen molar-refractivity contribution < 1.29 is 23.9 Å². The Hall–Kier alpha value is -1.65. The average molecular weight is 186 g/mol. The van der Waals surface area contributed by atoms with Crippen molar-refractivity contribution in [2.45, 2.75) is 13.8 Å². The molecule has 0 atom stereocenters. The summed E-state index contributed by atoms with van der Waals surface area (Å²) in [4.78, 5) is 31.7. The molecule has 0 aliphatic heterocycles. The van der Waals surface area contributed by atoms with E-state index in [4.69, 9.17) is 0 Å². The van der Waals surface area contributed by atoms with Crippen LogP contribution >= 0.6 is 0 Å². The molecular weight excluding hydrogens is 176 g/mol. The normalized spacial score (nSPS) is 8.77. The van der Waals surface area contributed by atoms with Gasteiger partial charge >= 0.3 is 17.9 Å². The van der Waals surface area contributed by atoms with Gasteiger partial charge in [0.1, 0.15) is 0 Å². The predicted octanol–water partition coefficient (Wildman–Crippen LogP) is 0.195. The second-order valence-electron chi connectivity index (χ2n) is 2.32. The Kier molecular flexibility index (Phi) is 4.43. The lowest BCUT2D eigenvalue weighted by molar-refractivity contribution is -0.164. The third-order valence-corrected chi connectivity index (χ3v) is 0.948. The molecule has 0 aromatic heterocycles. The van der Waals surface area contributed by atoms with Crippen LogP contribution in [-0.2, 0) is 23.9 Å². The van der Waals surface area contributed by atoms with Crippen LogP contribution in [0.15, 0.2) is 12.2 Å². The summed E-state index contributed by atoms with van der Waals surface area (Å²) < 4.78 is 8.50. The summed E-state index contributed by atoms with van der Waals surface area (Å²) in [5.74, 6) is -2.35. The Balaban J connectivity index is 3.82. The van der Waals surface area contributed by atoms with Crippen LogP contribution < -0.4 is 0 Å². The van der Waals surface area contributed by atoms with E-state index in [1.165, 1.54) is 6.92 Å². The molecule has 5 nitrogen and oxygen atoms in total. The van der Waals surface area contributed by atoms with Crippen LogP contribution in [0.25, 0.3) is 0 Å². The van der Waals surface area contributed by atoms with E-state index >= 15 is 0 Å². The third kappa shape index (κ3) is 5.60. The van der Waals surface area contributed by atoms with Crippen molar-refractivity contribution in [1.29, 1.82) is 0 Å². The Labute approximate surface area is 75.3 Å². The molecule has 0 unspecified atom stereocenters. The van der Waals surface area contributed by atoms with Gasteiger partial charge in [-0.05, 0) is 6.92 Å². The quantitative estimate of drug-likeness (QED) is 0.357. The molecule has 0 saturated heterocycles. The van der Waals surface area contributed by atoms with E-state index in [0.717, 1.165) is 6.92 Å². The molecule has 0 aromatic rings. The van der Waals surface area contributed by atoms with Crippen molar-refractivity contribution in [3.63, 3.8) is 0 Å². The first kappa shape index (κ1) is 11.4. The van der Waals surface area contributed by atoms with Crippen molar-refractivity contribution in [3.05, 3.63) is 12.2 Å². The number of ether oxygens (including phenoxy) is 2. The van der Waals surface area contributed by atoms with E-state index in [1.54, 1.807) is 0 Å². The smallest absolute Gasteiger partial charge is 0.352 e. The molecular formula is C8H10O5. The van der Waals surface area contributed by atoms with Gasteiger partial charge in [-0.1, -0.05) is 6.58 Å². The van der Waals surface area contributed by atoms with Crippen LogP contribution in [0.3, 0.4) is 0 Å². The number of hydrogen-bond acceptors (Lipinski definition) is 5. The summed E-state index contributed by atoms with van der Waals surface area (Å²) in [6, 6.07) is 0. The number of esters is 3. The van der Waals surface area contributed by atoms with Crippen LogP contribution in [-0.4, -0.2) is 24.5 Å². The van der Waals surface area contributed by atoms with Crippen LogP contribution in [0.1, 0.15) is 13.8 Å². The van der Waals surface area contributed by atoms with Crippen molar-refractivity contribution in [2.75, 3.05) is 6.61 Å². The SMILES string of the molecule is C=C(C)C(=O)OC(=O)COC(C)=O. The lowest BCUT2D eigenvalue weighted by Gasteiger charge is -2.01. The molecule has 0 fully saturated rings. The topological polar surface area (TPSA) is 69.7 Å². The predicted molar refractivity (Wildman–Crippen MR) is 42.5 cm³/mol. The monoisotopic (exact) mass is 186 g/mol. The van der Waals surface area contributed by atoms with Crippen molar-refractivity contribution in [2.24, 2.45) is 0 Å². The molecule has 0 aromatic carbocycles. The molecule has 0 N–H and O–H groups in total. The second-order valence-corrected chi connectivity index (χ2v) is 2.32. The summed E-state index contributed by atoms with van der Waals surface area (Å²) in [6.45, 7) is 5.26. The van der Waals surface area contributed by atoms with Crippen molar-refractivity contribution in [1.82, 2.24) is 0 Å². The first-order valence-corrected chi connectivity index (χ1v) is 3.47. The number of carbonyl (C=O) groups is 3. The van der Waals surface area contributed by atoms with Gasteiger partial charge in [-0.3, -0.25) is 4.79 Å². The maximum absolute atomic E-state index is 10.7. The van der Waals surface area contributed by atoms with Crippen molar-refractivity contribution >= 4 is 17.9 Å². The van der Waals surface area contributed by atoms with Gasteiger partial charge in [-0.15, -0.1) is 0 Å². The van der Waals surface area contributed by atoms with Crippen LogP contribution in [0.2, 0.25) is 0 Å². The highest BCUT2D eigenvalue weighted by Crippen LogP contribution is 1.93. The Morgan fingerprint density at radius 2 is 1.77 bits per heavy atom. The fraction of sp³-hybridized carbons (Fsp3) is 0.375. The minimum atomic E-state index is -0.914. The molecule has 0 aliphatic rings. The highest BCUT2D eigenvalue weighted by Gasteiger charge is 2.11. The summed E-state index contributed by atoms with van der Waals surface area (Å²) in [5.41, 5.74) is 0.108. The highest BCUT2D eigenvalue weighted by atomic mass is 16.6. The minimum Gasteiger partial charge on any atom is -0.454 e. The zero-order chi connectivity index (χ0) is 10.4. The van der Waals surface area contributed by atoms with Gasteiger partial charge in [0.15, 0.2) is 6.61 Å². The van der Waals surface area contributed by atoms with Gasteiger partial charge in [0.2, 0.25) is 0 Å².